The summed E-state index contributed by atoms with van der Waals surface area (Å²) in [6.07, 6.45) is 0.365. The van der Waals surface area contributed by atoms with Crippen molar-refractivity contribution in [1.29, 1.82) is 0 Å². The van der Waals surface area contributed by atoms with Gasteiger partial charge in [0.05, 0.1) is 12.1 Å². The van der Waals surface area contributed by atoms with Crippen LogP contribution in [-0.4, -0.2) is 11.6 Å². The minimum absolute atomic E-state index is 0.0953. The zero-order valence-electron chi connectivity index (χ0n) is 12.2. The second-order valence-electron chi connectivity index (χ2n) is 5.02. The van der Waals surface area contributed by atoms with Gasteiger partial charge in [-0.2, -0.15) is 5.10 Å². The summed E-state index contributed by atoms with van der Waals surface area (Å²) in [6.45, 7) is 1.91. The summed E-state index contributed by atoms with van der Waals surface area (Å²) in [4.78, 5) is 12.9. The van der Waals surface area contributed by atoms with Crippen molar-refractivity contribution in [3.05, 3.63) is 70.4 Å². The number of hydrogen-bond acceptors (Lipinski definition) is 3. The lowest BCUT2D eigenvalue weighted by molar-refractivity contribution is -0.120. The zero-order valence-corrected chi connectivity index (χ0v) is 13.1. The van der Waals surface area contributed by atoms with Gasteiger partial charge in [-0.3, -0.25) is 4.79 Å². The highest BCUT2D eigenvalue weighted by Crippen LogP contribution is 2.19. The van der Waals surface area contributed by atoms with Crippen LogP contribution in [0.25, 0.3) is 10.8 Å². The highest BCUT2D eigenvalue weighted by atomic mass is 32.1. The van der Waals surface area contributed by atoms with Crippen LogP contribution >= 0.6 is 11.3 Å². The van der Waals surface area contributed by atoms with E-state index in [4.69, 9.17) is 0 Å². The molecule has 0 aliphatic rings. The number of rotatable bonds is 4. The Hall–Kier alpha value is -2.46. The van der Waals surface area contributed by atoms with E-state index >= 15 is 0 Å². The van der Waals surface area contributed by atoms with Crippen LogP contribution in [0.5, 0.6) is 0 Å². The van der Waals surface area contributed by atoms with Crippen LogP contribution in [0.2, 0.25) is 0 Å². The molecule has 0 aliphatic heterocycles. The molecule has 0 aliphatic carbocycles. The first-order valence-corrected chi connectivity index (χ1v) is 7.95. The van der Waals surface area contributed by atoms with Crippen LogP contribution in [0, 0.1) is 0 Å². The van der Waals surface area contributed by atoms with Crippen LogP contribution < -0.4 is 5.43 Å². The lowest BCUT2D eigenvalue weighted by Crippen LogP contribution is -2.20. The molecule has 4 heteroatoms. The summed E-state index contributed by atoms with van der Waals surface area (Å²) >= 11 is 1.57. The average molecular weight is 308 g/mol. The predicted molar refractivity (Wildman–Crippen MR) is 92.3 cm³/mol. The Labute approximate surface area is 133 Å². The Morgan fingerprint density at radius 1 is 1.09 bits per heavy atom. The van der Waals surface area contributed by atoms with Gasteiger partial charge in [0.25, 0.3) is 0 Å². The second-order valence-corrected chi connectivity index (χ2v) is 6.05. The number of nitrogens with zero attached hydrogens (tertiary/aromatic N) is 1. The van der Waals surface area contributed by atoms with Crippen molar-refractivity contribution in [2.24, 2.45) is 5.10 Å². The third-order valence-corrected chi connectivity index (χ3v) is 4.32. The van der Waals surface area contributed by atoms with E-state index in [9.17, 15) is 4.79 Å². The standard InChI is InChI=1S/C18H16N2OS/c1-13(19-20-18(21)12-15-8-5-11-22-15)16-10-4-7-14-6-2-3-9-17(14)16/h2-11H,12H2,1H3,(H,20,21). The van der Waals surface area contributed by atoms with Crippen molar-refractivity contribution in [2.75, 3.05) is 0 Å². The number of carbonyl (C=O) groups excluding carboxylic acids is 1. The molecule has 0 saturated carbocycles. The summed E-state index contributed by atoms with van der Waals surface area (Å²) in [5.74, 6) is -0.0953. The van der Waals surface area contributed by atoms with Gasteiger partial charge in [-0.25, -0.2) is 5.43 Å². The number of fused-ring (bicyclic) bond motifs is 1. The summed E-state index contributed by atoms with van der Waals surface area (Å²) < 4.78 is 0. The van der Waals surface area contributed by atoms with Crippen molar-refractivity contribution in [2.45, 2.75) is 13.3 Å². The summed E-state index contributed by atoms with van der Waals surface area (Å²) in [7, 11) is 0. The van der Waals surface area contributed by atoms with Crippen LogP contribution in [0.3, 0.4) is 0 Å². The number of hydrazone groups is 1. The lowest BCUT2D eigenvalue weighted by atomic mass is 10.0. The molecule has 0 unspecified atom stereocenters. The Morgan fingerprint density at radius 2 is 1.91 bits per heavy atom. The normalized spacial score (nSPS) is 11.6. The Balaban J connectivity index is 1.77. The van der Waals surface area contributed by atoms with Gasteiger partial charge < -0.3 is 0 Å². The van der Waals surface area contributed by atoms with E-state index in [0.717, 1.165) is 21.5 Å². The van der Waals surface area contributed by atoms with Gasteiger partial charge >= 0.3 is 0 Å². The number of nitrogens with one attached hydrogen (secondary N) is 1. The van der Waals surface area contributed by atoms with Crippen LogP contribution in [-0.2, 0) is 11.2 Å². The van der Waals surface area contributed by atoms with Crippen molar-refractivity contribution >= 4 is 33.7 Å². The molecule has 110 valence electrons. The highest BCUT2D eigenvalue weighted by Gasteiger charge is 2.06. The van der Waals surface area contributed by atoms with Crippen molar-refractivity contribution in [1.82, 2.24) is 5.43 Å². The molecule has 1 aromatic heterocycles. The quantitative estimate of drug-likeness (QED) is 0.575. The number of carbonyl (C=O) groups is 1. The van der Waals surface area contributed by atoms with Gasteiger partial charge in [0.2, 0.25) is 5.91 Å². The topological polar surface area (TPSA) is 41.5 Å². The van der Waals surface area contributed by atoms with E-state index < -0.39 is 0 Å². The molecule has 0 atom stereocenters. The number of amides is 1. The maximum atomic E-state index is 11.9. The van der Waals surface area contributed by atoms with Gasteiger partial charge in [0.1, 0.15) is 0 Å². The third-order valence-electron chi connectivity index (χ3n) is 3.44. The average Bonchev–Trinajstić information content (AvgIpc) is 3.05. The van der Waals surface area contributed by atoms with E-state index in [-0.39, 0.29) is 5.91 Å². The summed E-state index contributed by atoms with van der Waals surface area (Å²) in [5.41, 5.74) is 4.48. The maximum Gasteiger partial charge on any atom is 0.245 e. The molecule has 0 spiro atoms. The first-order valence-electron chi connectivity index (χ1n) is 7.07. The van der Waals surface area contributed by atoms with E-state index in [1.54, 1.807) is 11.3 Å². The molecule has 3 nitrogen and oxygen atoms in total. The Bertz CT molecular complexity index is 817. The SMILES string of the molecule is CC(=NNC(=O)Cc1cccs1)c1cccc2ccccc12. The van der Waals surface area contributed by atoms with Crippen molar-refractivity contribution < 1.29 is 4.79 Å². The number of hydrogen-bond donors (Lipinski definition) is 1. The van der Waals surface area contributed by atoms with Crippen LogP contribution in [0.1, 0.15) is 17.4 Å². The van der Waals surface area contributed by atoms with Gasteiger partial charge in [-0.05, 0) is 29.1 Å². The van der Waals surface area contributed by atoms with Crippen molar-refractivity contribution in [3.63, 3.8) is 0 Å². The fraction of sp³-hybridized carbons (Fsp3) is 0.111. The molecule has 1 N–H and O–H groups in total. The molecule has 22 heavy (non-hydrogen) atoms. The summed E-state index contributed by atoms with van der Waals surface area (Å²) in [6, 6.07) is 18.1. The molecule has 1 heterocycles. The van der Waals surface area contributed by atoms with E-state index in [1.165, 1.54) is 5.39 Å². The maximum absolute atomic E-state index is 11.9. The molecular weight excluding hydrogens is 292 g/mol. The lowest BCUT2D eigenvalue weighted by Gasteiger charge is -2.06. The van der Waals surface area contributed by atoms with Gasteiger partial charge in [0, 0.05) is 10.4 Å². The highest BCUT2D eigenvalue weighted by molar-refractivity contribution is 7.10. The fourth-order valence-electron chi connectivity index (χ4n) is 2.36. The Morgan fingerprint density at radius 3 is 2.73 bits per heavy atom. The Kier molecular flexibility index (Phi) is 4.30. The fourth-order valence-corrected chi connectivity index (χ4v) is 3.06. The zero-order chi connectivity index (χ0) is 15.4. The smallest absolute Gasteiger partial charge is 0.245 e. The van der Waals surface area contributed by atoms with E-state index in [2.05, 4.69) is 28.7 Å². The monoisotopic (exact) mass is 308 g/mol. The number of thiophene rings is 1. The van der Waals surface area contributed by atoms with Gasteiger partial charge in [-0.15, -0.1) is 11.3 Å². The minimum atomic E-state index is -0.0953. The minimum Gasteiger partial charge on any atom is -0.273 e. The van der Waals surface area contributed by atoms with E-state index in [0.29, 0.717) is 6.42 Å². The molecule has 3 aromatic rings. The van der Waals surface area contributed by atoms with Crippen LogP contribution in [0.4, 0.5) is 0 Å². The third kappa shape index (κ3) is 3.23. The first-order chi connectivity index (χ1) is 10.7. The van der Waals surface area contributed by atoms with Gasteiger partial charge in [0.15, 0.2) is 0 Å². The van der Waals surface area contributed by atoms with E-state index in [1.807, 2.05) is 48.7 Å². The van der Waals surface area contributed by atoms with Crippen molar-refractivity contribution in [3.8, 4) is 0 Å². The molecule has 0 radical (unpaired) electrons. The molecule has 3 rings (SSSR count). The van der Waals surface area contributed by atoms with Crippen LogP contribution in [0.15, 0.2) is 65.1 Å². The molecule has 2 aromatic carbocycles. The largest absolute Gasteiger partial charge is 0.273 e. The molecule has 0 saturated heterocycles. The predicted octanol–water partition coefficient (Wildman–Crippen LogP) is 3.98. The second kappa shape index (κ2) is 6.54. The van der Waals surface area contributed by atoms with Gasteiger partial charge in [-0.1, -0.05) is 48.5 Å². The molecule has 0 bridgehead atoms. The molecule has 0 fully saturated rings. The molecular formula is C18H16N2OS. The molecule has 1 amide bonds. The summed E-state index contributed by atoms with van der Waals surface area (Å²) in [5, 5.41) is 8.52. The first kappa shape index (κ1) is 14.5. The number of benzene rings is 2.